The molecule has 4 rings (SSSR count). The summed E-state index contributed by atoms with van der Waals surface area (Å²) in [6.07, 6.45) is 2.57. The molecule has 2 aliphatic carbocycles. The predicted octanol–water partition coefficient (Wildman–Crippen LogP) is 2.88. The average molecular weight is 284 g/mol. The van der Waals surface area contributed by atoms with E-state index in [2.05, 4.69) is 6.92 Å². The van der Waals surface area contributed by atoms with Gasteiger partial charge in [-0.1, -0.05) is 31.2 Å². The standard InChI is InChI=1S/C17H16O4/c1-9-6-7-12-13(8-9)21-17-15(19)11-5-3-2-4-10(11)14(18)16(17)20-12/h2-5,9,12-13H,6-8H2,1H3. The fourth-order valence-electron chi connectivity index (χ4n) is 3.41. The topological polar surface area (TPSA) is 52.6 Å². The summed E-state index contributed by atoms with van der Waals surface area (Å²) < 4.78 is 11.8. The van der Waals surface area contributed by atoms with Crippen LogP contribution in [-0.4, -0.2) is 23.8 Å². The van der Waals surface area contributed by atoms with Gasteiger partial charge in [-0.2, -0.15) is 0 Å². The lowest BCUT2D eigenvalue weighted by Gasteiger charge is -2.40. The first-order valence-corrected chi connectivity index (χ1v) is 7.41. The molecular formula is C17H16O4. The summed E-state index contributed by atoms with van der Waals surface area (Å²) in [6, 6.07) is 6.84. The van der Waals surface area contributed by atoms with Gasteiger partial charge in [-0.05, 0) is 25.2 Å². The summed E-state index contributed by atoms with van der Waals surface area (Å²) in [5, 5.41) is 0. The van der Waals surface area contributed by atoms with Crippen LogP contribution < -0.4 is 0 Å². The fourth-order valence-corrected chi connectivity index (χ4v) is 3.41. The van der Waals surface area contributed by atoms with Gasteiger partial charge < -0.3 is 9.47 Å². The lowest BCUT2D eigenvalue weighted by molar-refractivity contribution is -0.0864. The van der Waals surface area contributed by atoms with Gasteiger partial charge in [0.15, 0.2) is 0 Å². The number of benzene rings is 1. The van der Waals surface area contributed by atoms with Crippen molar-refractivity contribution < 1.29 is 19.1 Å². The van der Waals surface area contributed by atoms with Gasteiger partial charge in [0.2, 0.25) is 23.1 Å². The second-order valence-electron chi connectivity index (χ2n) is 6.09. The quantitative estimate of drug-likeness (QED) is 0.735. The molecule has 4 nitrogen and oxygen atoms in total. The van der Waals surface area contributed by atoms with Gasteiger partial charge >= 0.3 is 0 Å². The SMILES string of the molecule is CC1CCC2OC3=C(OC2C1)C(=O)c1ccccc1C3=O. The first-order valence-electron chi connectivity index (χ1n) is 7.41. The molecular weight excluding hydrogens is 268 g/mol. The minimum Gasteiger partial charge on any atom is -0.479 e. The van der Waals surface area contributed by atoms with E-state index in [4.69, 9.17) is 9.47 Å². The summed E-state index contributed by atoms with van der Waals surface area (Å²) in [4.78, 5) is 25.1. The van der Waals surface area contributed by atoms with E-state index in [1.807, 2.05) is 0 Å². The van der Waals surface area contributed by atoms with Gasteiger partial charge in [-0.15, -0.1) is 0 Å². The van der Waals surface area contributed by atoms with Crippen molar-refractivity contribution in [2.24, 2.45) is 5.92 Å². The molecule has 21 heavy (non-hydrogen) atoms. The Bertz CT molecular complexity index is 673. The summed E-state index contributed by atoms with van der Waals surface area (Å²) in [7, 11) is 0. The smallest absolute Gasteiger partial charge is 0.232 e. The maximum Gasteiger partial charge on any atom is 0.232 e. The molecule has 0 saturated heterocycles. The molecule has 0 radical (unpaired) electrons. The van der Waals surface area contributed by atoms with Crippen molar-refractivity contribution in [1.82, 2.24) is 0 Å². The van der Waals surface area contributed by atoms with Crippen LogP contribution in [-0.2, 0) is 9.47 Å². The fraction of sp³-hybridized carbons (Fsp3) is 0.412. The Morgan fingerprint density at radius 1 is 0.905 bits per heavy atom. The Morgan fingerprint density at radius 3 is 2.10 bits per heavy atom. The van der Waals surface area contributed by atoms with Crippen LogP contribution in [0.2, 0.25) is 0 Å². The van der Waals surface area contributed by atoms with Crippen LogP contribution in [0.15, 0.2) is 35.8 Å². The Labute approximate surface area is 122 Å². The van der Waals surface area contributed by atoms with E-state index in [-0.39, 0.29) is 35.3 Å². The number of ether oxygens (including phenoxy) is 2. The molecule has 0 spiro atoms. The van der Waals surface area contributed by atoms with Crippen LogP contribution in [0, 0.1) is 5.92 Å². The molecule has 4 heteroatoms. The zero-order chi connectivity index (χ0) is 14.6. The van der Waals surface area contributed by atoms with E-state index in [1.54, 1.807) is 24.3 Å². The Kier molecular flexibility index (Phi) is 2.67. The number of carbonyl (C=O) groups is 2. The lowest BCUT2D eigenvalue weighted by atomic mass is 9.84. The minimum atomic E-state index is -0.239. The number of allylic oxidation sites excluding steroid dienone is 2. The molecule has 1 fully saturated rings. The molecule has 1 aromatic rings. The summed E-state index contributed by atoms with van der Waals surface area (Å²) >= 11 is 0. The second-order valence-corrected chi connectivity index (χ2v) is 6.09. The molecule has 0 aromatic heterocycles. The summed E-state index contributed by atoms with van der Waals surface area (Å²) in [5.41, 5.74) is 0.819. The van der Waals surface area contributed by atoms with Crippen LogP contribution in [0.5, 0.6) is 0 Å². The molecule has 1 aromatic carbocycles. The highest BCUT2D eigenvalue weighted by atomic mass is 16.6. The van der Waals surface area contributed by atoms with E-state index in [0.717, 1.165) is 19.3 Å². The van der Waals surface area contributed by atoms with E-state index < -0.39 is 0 Å². The number of hydrogen-bond donors (Lipinski definition) is 0. The molecule has 3 atom stereocenters. The van der Waals surface area contributed by atoms with Crippen molar-refractivity contribution in [1.29, 1.82) is 0 Å². The zero-order valence-electron chi connectivity index (χ0n) is 11.8. The minimum absolute atomic E-state index is 0.106. The Morgan fingerprint density at radius 2 is 1.48 bits per heavy atom. The van der Waals surface area contributed by atoms with Gasteiger partial charge in [0, 0.05) is 11.1 Å². The monoisotopic (exact) mass is 284 g/mol. The first-order chi connectivity index (χ1) is 10.1. The van der Waals surface area contributed by atoms with Crippen molar-refractivity contribution in [3.05, 3.63) is 46.9 Å². The van der Waals surface area contributed by atoms with Crippen LogP contribution in [0.3, 0.4) is 0 Å². The highest BCUT2D eigenvalue weighted by Crippen LogP contribution is 2.39. The average Bonchev–Trinajstić information content (AvgIpc) is 2.51. The lowest BCUT2D eigenvalue weighted by Crippen LogP contribution is -2.44. The van der Waals surface area contributed by atoms with Crippen LogP contribution in [0.4, 0.5) is 0 Å². The van der Waals surface area contributed by atoms with E-state index in [0.29, 0.717) is 17.0 Å². The van der Waals surface area contributed by atoms with Crippen molar-refractivity contribution in [3.63, 3.8) is 0 Å². The molecule has 0 bridgehead atoms. The van der Waals surface area contributed by atoms with Crippen LogP contribution in [0.25, 0.3) is 0 Å². The van der Waals surface area contributed by atoms with Crippen LogP contribution in [0.1, 0.15) is 46.9 Å². The van der Waals surface area contributed by atoms with Gasteiger partial charge in [-0.3, -0.25) is 9.59 Å². The van der Waals surface area contributed by atoms with E-state index in [9.17, 15) is 9.59 Å². The normalized spacial score (nSPS) is 30.8. The highest BCUT2D eigenvalue weighted by Gasteiger charge is 2.44. The number of rotatable bonds is 0. The molecule has 1 aliphatic heterocycles. The number of Topliss-reactive ketones (excluding diaryl/α,β-unsaturated/α-hetero) is 2. The third kappa shape index (κ3) is 1.82. The molecule has 3 unspecified atom stereocenters. The van der Waals surface area contributed by atoms with E-state index >= 15 is 0 Å². The number of carbonyl (C=O) groups excluding carboxylic acids is 2. The maximum atomic E-state index is 12.5. The molecule has 3 aliphatic rings. The predicted molar refractivity (Wildman–Crippen MR) is 74.9 cm³/mol. The van der Waals surface area contributed by atoms with Gasteiger partial charge in [0.25, 0.3) is 0 Å². The number of fused-ring (bicyclic) bond motifs is 2. The second kappa shape index (κ2) is 4.45. The molecule has 108 valence electrons. The molecule has 0 amide bonds. The number of ketones is 2. The third-order valence-electron chi connectivity index (χ3n) is 4.57. The van der Waals surface area contributed by atoms with E-state index in [1.165, 1.54) is 0 Å². The number of hydrogen-bond acceptors (Lipinski definition) is 4. The van der Waals surface area contributed by atoms with Gasteiger partial charge in [0.1, 0.15) is 12.2 Å². The largest absolute Gasteiger partial charge is 0.479 e. The van der Waals surface area contributed by atoms with Gasteiger partial charge in [0.05, 0.1) is 0 Å². The Hall–Kier alpha value is -2.10. The van der Waals surface area contributed by atoms with Crippen molar-refractivity contribution >= 4 is 11.6 Å². The third-order valence-corrected chi connectivity index (χ3v) is 4.57. The summed E-state index contributed by atoms with van der Waals surface area (Å²) in [6.45, 7) is 2.17. The van der Waals surface area contributed by atoms with Crippen molar-refractivity contribution in [2.45, 2.75) is 38.4 Å². The molecule has 1 saturated carbocycles. The van der Waals surface area contributed by atoms with Crippen molar-refractivity contribution in [3.8, 4) is 0 Å². The summed E-state index contributed by atoms with van der Waals surface area (Å²) in [5.74, 6) is 0.288. The first kappa shape index (κ1) is 12.6. The maximum absolute atomic E-state index is 12.5. The molecule has 0 N–H and O–H groups in total. The highest BCUT2D eigenvalue weighted by molar-refractivity contribution is 6.25. The Balaban J connectivity index is 1.76. The van der Waals surface area contributed by atoms with Crippen LogP contribution >= 0.6 is 0 Å². The van der Waals surface area contributed by atoms with Gasteiger partial charge in [-0.25, -0.2) is 0 Å². The van der Waals surface area contributed by atoms with Crippen molar-refractivity contribution in [2.75, 3.05) is 0 Å². The zero-order valence-corrected chi connectivity index (χ0v) is 11.8. The molecule has 1 heterocycles.